The summed E-state index contributed by atoms with van der Waals surface area (Å²) in [6.45, 7) is 2.20. The number of nitrogens with two attached hydrogens (primary N) is 1. The SMILES string of the molecule is CCCC(N)CC/C=C/CC1CC1. The van der Waals surface area contributed by atoms with Gasteiger partial charge in [0.2, 0.25) is 0 Å². The summed E-state index contributed by atoms with van der Waals surface area (Å²) in [5.74, 6) is 1.03. The molecule has 1 fully saturated rings. The Kier molecular flexibility index (Phi) is 5.14. The van der Waals surface area contributed by atoms with Gasteiger partial charge in [-0.25, -0.2) is 0 Å². The summed E-state index contributed by atoms with van der Waals surface area (Å²) in [6, 6.07) is 0.426. The summed E-state index contributed by atoms with van der Waals surface area (Å²) in [5, 5.41) is 0. The number of allylic oxidation sites excluding steroid dienone is 2. The highest BCUT2D eigenvalue weighted by Gasteiger charge is 2.18. The van der Waals surface area contributed by atoms with Crippen LogP contribution in [0.15, 0.2) is 12.2 Å². The molecule has 1 aliphatic carbocycles. The van der Waals surface area contributed by atoms with Gasteiger partial charge in [-0.1, -0.05) is 25.5 Å². The Morgan fingerprint density at radius 3 is 2.69 bits per heavy atom. The zero-order valence-corrected chi connectivity index (χ0v) is 8.84. The quantitative estimate of drug-likeness (QED) is 0.599. The highest BCUT2D eigenvalue weighted by molar-refractivity contribution is 4.88. The van der Waals surface area contributed by atoms with E-state index in [2.05, 4.69) is 19.1 Å². The maximum Gasteiger partial charge on any atom is 0.00416 e. The van der Waals surface area contributed by atoms with Gasteiger partial charge in [0.1, 0.15) is 0 Å². The Hall–Kier alpha value is -0.300. The van der Waals surface area contributed by atoms with Crippen molar-refractivity contribution in [3.63, 3.8) is 0 Å². The van der Waals surface area contributed by atoms with E-state index in [1.807, 2.05) is 0 Å². The van der Waals surface area contributed by atoms with Crippen molar-refractivity contribution in [1.29, 1.82) is 0 Å². The van der Waals surface area contributed by atoms with Gasteiger partial charge in [-0.15, -0.1) is 0 Å². The molecule has 0 amide bonds. The van der Waals surface area contributed by atoms with E-state index in [0.717, 1.165) is 12.3 Å². The summed E-state index contributed by atoms with van der Waals surface area (Å²) < 4.78 is 0. The van der Waals surface area contributed by atoms with Crippen molar-refractivity contribution in [3.05, 3.63) is 12.2 Å². The van der Waals surface area contributed by atoms with E-state index in [0.29, 0.717) is 6.04 Å². The van der Waals surface area contributed by atoms with Crippen LogP contribution in [0.5, 0.6) is 0 Å². The molecule has 2 N–H and O–H groups in total. The summed E-state index contributed by atoms with van der Waals surface area (Å²) in [4.78, 5) is 0. The summed E-state index contributed by atoms with van der Waals surface area (Å²) >= 11 is 0. The van der Waals surface area contributed by atoms with Crippen molar-refractivity contribution >= 4 is 0 Å². The standard InChI is InChI=1S/C12H23N/c1-2-6-12(13)8-5-3-4-7-11-9-10-11/h3-4,11-12H,2,5-10,13H2,1H3/b4-3+. The second-order valence-electron chi connectivity index (χ2n) is 4.28. The van der Waals surface area contributed by atoms with E-state index in [9.17, 15) is 0 Å². The maximum atomic E-state index is 5.90. The predicted molar refractivity (Wildman–Crippen MR) is 58.6 cm³/mol. The van der Waals surface area contributed by atoms with Crippen LogP contribution in [0.1, 0.15) is 51.9 Å². The lowest BCUT2D eigenvalue weighted by atomic mass is 10.1. The van der Waals surface area contributed by atoms with Crippen molar-refractivity contribution in [2.75, 3.05) is 0 Å². The minimum absolute atomic E-state index is 0.426. The first-order valence-corrected chi connectivity index (χ1v) is 5.73. The molecule has 0 aromatic carbocycles. The van der Waals surface area contributed by atoms with Crippen molar-refractivity contribution in [2.45, 2.75) is 57.9 Å². The Bertz CT molecular complexity index is 147. The third-order valence-electron chi connectivity index (χ3n) is 2.70. The van der Waals surface area contributed by atoms with Gasteiger partial charge in [-0.05, 0) is 44.4 Å². The molecule has 1 aliphatic rings. The van der Waals surface area contributed by atoms with E-state index < -0.39 is 0 Å². The van der Waals surface area contributed by atoms with E-state index >= 15 is 0 Å². The van der Waals surface area contributed by atoms with Crippen molar-refractivity contribution in [2.24, 2.45) is 11.7 Å². The summed E-state index contributed by atoms with van der Waals surface area (Å²) in [7, 11) is 0. The zero-order chi connectivity index (χ0) is 9.52. The Balaban J connectivity index is 1.89. The largest absolute Gasteiger partial charge is 0.328 e. The summed E-state index contributed by atoms with van der Waals surface area (Å²) in [5.41, 5.74) is 5.90. The third-order valence-corrected chi connectivity index (χ3v) is 2.70. The van der Waals surface area contributed by atoms with Gasteiger partial charge in [-0.2, -0.15) is 0 Å². The van der Waals surface area contributed by atoms with E-state index in [4.69, 9.17) is 5.73 Å². The van der Waals surface area contributed by atoms with Crippen LogP contribution in [0.25, 0.3) is 0 Å². The topological polar surface area (TPSA) is 26.0 Å². The molecular weight excluding hydrogens is 158 g/mol. The van der Waals surface area contributed by atoms with Crippen LogP contribution in [-0.2, 0) is 0 Å². The molecular formula is C12H23N. The molecule has 1 nitrogen and oxygen atoms in total. The second kappa shape index (κ2) is 6.20. The molecule has 76 valence electrons. The average molecular weight is 181 g/mol. The molecule has 0 spiro atoms. The normalized spacial score (nSPS) is 19.5. The van der Waals surface area contributed by atoms with Crippen LogP contribution in [0.4, 0.5) is 0 Å². The monoisotopic (exact) mass is 181 g/mol. The molecule has 1 heteroatoms. The Morgan fingerprint density at radius 2 is 2.08 bits per heavy atom. The minimum Gasteiger partial charge on any atom is -0.328 e. The fraction of sp³-hybridized carbons (Fsp3) is 0.833. The van der Waals surface area contributed by atoms with Gasteiger partial charge < -0.3 is 5.73 Å². The third kappa shape index (κ3) is 5.87. The Morgan fingerprint density at radius 1 is 1.31 bits per heavy atom. The highest BCUT2D eigenvalue weighted by Crippen LogP contribution is 2.32. The average Bonchev–Trinajstić information content (AvgIpc) is 2.88. The molecule has 1 saturated carbocycles. The van der Waals surface area contributed by atoms with Crippen LogP contribution >= 0.6 is 0 Å². The molecule has 0 aromatic heterocycles. The molecule has 13 heavy (non-hydrogen) atoms. The van der Waals surface area contributed by atoms with E-state index in [-0.39, 0.29) is 0 Å². The minimum atomic E-state index is 0.426. The maximum absolute atomic E-state index is 5.90. The lowest BCUT2D eigenvalue weighted by molar-refractivity contribution is 0.565. The van der Waals surface area contributed by atoms with Gasteiger partial charge in [0, 0.05) is 6.04 Å². The fourth-order valence-electron chi connectivity index (χ4n) is 1.59. The van der Waals surface area contributed by atoms with Gasteiger partial charge >= 0.3 is 0 Å². The predicted octanol–water partition coefficient (Wildman–Crippen LogP) is 3.25. The van der Waals surface area contributed by atoms with Crippen LogP contribution < -0.4 is 5.73 Å². The number of hydrogen-bond donors (Lipinski definition) is 1. The first-order valence-electron chi connectivity index (χ1n) is 5.73. The number of hydrogen-bond acceptors (Lipinski definition) is 1. The van der Waals surface area contributed by atoms with E-state index in [1.165, 1.54) is 38.5 Å². The molecule has 1 unspecified atom stereocenters. The lowest BCUT2D eigenvalue weighted by Gasteiger charge is -2.06. The fourth-order valence-corrected chi connectivity index (χ4v) is 1.59. The van der Waals surface area contributed by atoms with Crippen LogP contribution in [0.3, 0.4) is 0 Å². The van der Waals surface area contributed by atoms with Crippen LogP contribution in [0, 0.1) is 5.92 Å². The molecule has 0 aliphatic heterocycles. The summed E-state index contributed by atoms with van der Waals surface area (Å²) in [6.07, 6.45) is 13.6. The van der Waals surface area contributed by atoms with Gasteiger partial charge in [0.25, 0.3) is 0 Å². The first kappa shape index (κ1) is 10.8. The van der Waals surface area contributed by atoms with E-state index in [1.54, 1.807) is 0 Å². The van der Waals surface area contributed by atoms with Crippen LogP contribution in [-0.4, -0.2) is 6.04 Å². The van der Waals surface area contributed by atoms with Crippen molar-refractivity contribution in [1.82, 2.24) is 0 Å². The zero-order valence-electron chi connectivity index (χ0n) is 8.84. The van der Waals surface area contributed by atoms with Crippen LogP contribution in [0.2, 0.25) is 0 Å². The van der Waals surface area contributed by atoms with Crippen molar-refractivity contribution in [3.8, 4) is 0 Å². The Labute approximate surface area is 82.4 Å². The second-order valence-corrected chi connectivity index (χ2v) is 4.28. The molecule has 0 saturated heterocycles. The molecule has 0 bridgehead atoms. The first-order chi connectivity index (χ1) is 6.33. The number of rotatable bonds is 7. The smallest absolute Gasteiger partial charge is 0.00416 e. The lowest BCUT2D eigenvalue weighted by Crippen LogP contribution is -2.18. The van der Waals surface area contributed by atoms with Gasteiger partial charge in [-0.3, -0.25) is 0 Å². The molecule has 1 rings (SSSR count). The molecule has 1 atom stereocenters. The highest BCUT2D eigenvalue weighted by atomic mass is 14.6. The molecule has 0 radical (unpaired) electrons. The molecule has 0 aromatic rings. The van der Waals surface area contributed by atoms with Gasteiger partial charge in [0.05, 0.1) is 0 Å². The van der Waals surface area contributed by atoms with Crippen molar-refractivity contribution < 1.29 is 0 Å². The molecule has 0 heterocycles. The van der Waals surface area contributed by atoms with Gasteiger partial charge in [0.15, 0.2) is 0 Å².